The summed E-state index contributed by atoms with van der Waals surface area (Å²) in [5, 5.41) is 11.3. The molecule has 2 aromatic heterocycles. The fourth-order valence-corrected chi connectivity index (χ4v) is 2.02. The van der Waals surface area contributed by atoms with Gasteiger partial charge in [-0.2, -0.15) is 0 Å². The molecule has 2 heterocycles. The highest BCUT2D eigenvalue weighted by Crippen LogP contribution is 2.32. The maximum atomic E-state index is 10.4. The van der Waals surface area contributed by atoms with Gasteiger partial charge in [0.05, 0.1) is 6.26 Å². The summed E-state index contributed by atoms with van der Waals surface area (Å²) in [4.78, 5) is 3.99. The lowest BCUT2D eigenvalue weighted by atomic mass is 10.0. The van der Waals surface area contributed by atoms with Crippen molar-refractivity contribution in [2.45, 2.75) is 6.10 Å². The number of hydrogen-bond donors (Lipinski definition) is 2. The van der Waals surface area contributed by atoms with Crippen LogP contribution in [0.1, 0.15) is 17.2 Å². The van der Waals surface area contributed by atoms with Crippen molar-refractivity contribution < 1.29 is 9.52 Å². The molecule has 0 aliphatic carbocycles. The molecule has 0 fully saturated rings. The third-order valence-electron chi connectivity index (χ3n) is 2.99. The van der Waals surface area contributed by atoms with Gasteiger partial charge in [0.15, 0.2) is 0 Å². The van der Waals surface area contributed by atoms with Crippen LogP contribution in [0.3, 0.4) is 0 Å². The quantitative estimate of drug-likeness (QED) is 0.721. The van der Waals surface area contributed by atoms with Gasteiger partial charge in [0.2, 0.25) is 0 Å². The van der Waals surface area contributed by atoms with E-state index < -0.39 is 6.10 Å². The summed E-state index contributed by atoms with van der Waals surface area (Å²) in [6.45, 7) is 0. The fraction of sp³-hybridized carbons (Fsp3) is 0.0714. The molecular weight excluding hydrogens is 228 g/mol. The van der Waals surface area contributed by atoms with Gasteiger partial charge in [0, 0.05) is 34.6 Å². The molecule has 0 saturated carbocycles. The van der Waals surface area contributed by atoms with E-state index in [0.29, 0.717) is 16.8 Å². The normalized spacial score (nSPS) is 12.7. The second kappa shape index (κ2) is 4.16. The number of rotatable bonds is 2. The molecule has 90 valence electrons. The van der Waals surface area contributed by atoms with E-state index in [9.17, 15) is 5.11 Å². The van der Waals surface area contributed by atoms with Crippen molar-refractivity contribution in [2.75, 3.05) is 5.73 Å². The molecule has 3 rings (SSSR count). The van der Waals surface area contributed by atoms with E-state index in [1.807, 2.05) is 24.3 Å². The lowest BCUT2D eigenvalue weighted by Crippen LogP contribution is -2.03. The first-order valence-electron chi connectivity index (χ1n) is 5.61. The SMILES string of the molecule is Nc1ccncc1C(O)c1coc2ccccc12. The van der Waals surface area contributed by atoms with Gasteiger partial charge in [0.1, 0.15) is 11.7 Å². The van der Waals surface area contributed by atoms with Crippen LogP contribution in [0.15, 0.2) is 53.4 Å². The molecule has 0 aliphatic rings. The van der Waals surface area contributed by atoms with Gasteiger partial charge in [0.25, 0.3) is 0 Å². The van der Waals surface area contributed by atoms with Crippen LogP contribution in [0, 0.1) is 0 Å². The lowest BCUT2D eigenvalue weighted by Gasteiger charge is -2.11. The number of aliphatic hydroxyl groups is 1. The van der Waals surface area contributed by atoms with E-state index in [1.165, 1.54) is 0 Å². The van der Waals surface area contributed by atoms with Gasteiger partial charge in [-0.1, -0.05) is 18.2 Å². The minimum absolute atomic E-state index is 0.516. The Morgan fingerprint density at radius 2 is 2.00 bits per heavy atom. The Labute approximate surface area is 104 Å². The molecule has 3 aromatic rings. The highest BCUT2D eigenvalue weighted by Gasteiger charge is 2.18. The van der Waals surface area contributed by atoms with Crippen LogP contribution in [-0.2, 0) is 0 Å². The highest BCUT2D eigenvalue weighted by molar-refractivity contribution is 5.82. The first kappa shape index (κ1) is 10.8. The summed E-state index contributed by atoms with van der Waals surface area (Å²) < 4.78 is 5.41. The number of nitrogen functional groups attached to an aromatic ring is 1. The number of anilines is 1. The fourth-order valence-electron chi connectivity index (χ4n) is 2.02. The van der Waals surface area contributed by atoms with Crippen molar-refractivity contribution in [3.63, 3.8) is 0 Å². The topological polar surface area (TPSA) is 72.3 Å². The Morgan fingerprint density at radius 3 is 2.83 bits per heavy atom. The second-order valence-corrected chi connectivity index (χ2v) is 4.09. The molecule has 1 atom stereocenters. The average Bonchev–Trinajstić information content (AvgIpc) is 2.82. The Morgan fingerprint density at radius 1 is 1.17 bits per heavy atom. The van der Waals surface area contributed by atoms with Crippen molar-refractivity contribution >= 4 is 16.7 Å². The molecule has 0 spiro atoms. The summed E-state index contributed by atoms with van der Waals surface area (Å²) in [6.07, 6.45) is 3.89. The van der Waals surface area contributed by atoms with Crippen LogP contribution in [0.4, 0.5) is 5.69 Å². The van der Waals surface area contributed by atoms with Gasteiger partial charge < -0.3 is 15.3 Å². The van der Waals surface area contributed by atoms with E-state index in [4.69, 9.17) is 10.2 Å². The zero-order valence-electron chi connectivity index (χ0n) is 9.58. The largest absolute Gasteiger partial charge is 0.464 e. The number of benzene rings is 1. The van der Waals surface area contributed by atoms with Crippen molar-refractivity contribution in [1.82, 2.24) is 4.98 Å². The molecular formula is C14H12N2O2. The summed E-state index contributed by atoms with van der Waals surface area (Å²) >= 11 is 0. The number of furan rings is 1. The Kier molecular flexibility index (Phi) is 2.50. The Bertz CT molecular complexity index is 691. The van der Waals surface area contributed by atoms with Crippen molar-refractivity contribution in [1.29, 1.82) is 0 Å². The minimum Gasteiger partial charge on any atom is -0.464 e. The van der Waals surface area contributed by atoms with Crippen LogP contribution in [0.5, 0.6) is 0 Å². The summed E-state index contributed by atoms with van der Waals surface area (Å²) in [6, 6.07) is 9.23. The Balaban J connectivity index is 2.13. The molecule has 3 N–H and O–H groups in total. The van der Waals surface area contributed by atoms with E-state index in [1.54, 1.807) is 24.7 Å². The maximum absolute atomic E-state index is 10.4. The van der Waals surface area contributed by atoms with Crippen molar-refractivity contribution in [3.05, 3.63) is 60.1 Å². The van der Waals surface area contributed by atoms with Crippen LogP contribution >= 0.6 is 0 Å². The van der Waals surface area contributed by atoms with Gasteiger partial charge in [-0.05, 0) is 12.1 Å². The molecule has 4 heteroatoms. The predicted octanol–water partition coefficient (Wildman–Crippen LogP) is 2.49. The molecule has 0 bridgehead atoms. The van der Waals surface area contributed by atoms with Crippen molar-refractivity contribution in [3.8, 4) is 0 Å². The molecule has 4 nitrogen and oxygen atoms in total. The number of hydrogen-bond acceptors (Lipinski definition) is 4. The molecule has 0 aliphatic heterocycles. The number of para-hydroxylation sites is 1. The average molecular weight is 240 g/mol. The summed E-state index contributed by atoms with van der Waals surface area (Å²) in [5.74, 6) is 0. The van der Waals surface area contributed by atoms with Gasteiger partial charge in [-0.25, -0.2) is 0 Å². The third kappa shape index (κ3) is 1.63. The van der Waals surface area contributed by atoms with Crippen LogP contribution in [0.25, 0.3) is 11.0 Å². The monoisotopic (exact) mass is 240 g/mol. The van der Waals surface area contributed by atoms with Gasteiger partial charge in [-0.15, -0.1) is 0 Å². The first-order chi connectivity index (χ1) is 8.77. The van der Waals surface area contributed by atoms with Gasteiger partial charge >= 0.3 is 0 Å². The molecule has 1 aromatic carbocycles. The number of pyridine rings is 1. The standard InChI is InChI=1S/C14H12N2O2/c15-12-5-6-16-7-10(12)14(17)11-8-18-13-4-2-1-3-9(11)13/h1-8,14,17H,(H2,15,16). The molecule has 1 unspecified atom stereocenters. The van der Waals surface area contributed by atoms with Crippen LogP contribution < -0.4 is 5.73 Å². The maximum Gasteiger partial charge on any atom is 0.134 e. The first-order valence-corrected chi connectivity index (χ1v) is 5.61. The van der Waals surface area contributed by atoms with E-state index >= 15 is 0 Å². The Hall–Kier alpha value is -2.33. The molecule has 0 saturated heterocycles. The van der Waals surface area contributed by atoms with E-state index in [2.05, 4.69) is 4.98 Å². The number of nitrogens with two attached hydrogens (primary N) is 1. The molecule has 0 radical (unpaired) electrons. The zero-order chi connectivity index (χ0) is 12.5. The number of aromatic nitrogens is 1. The van der Waals surface area contributed by atoms with E-state index in [0.717, 1.165) is 11.0 Å². The number of fused-ring (bicyclic) bond motifs is 1. The van der Waals surface area contributed by atoms with Crippen LogP contribution in [0.2, 0.25) is 0 Å². The number of aliphatic hydroxyl groups excluding tert-OH is 1. The van der Waals surface area contributed by atoms with Crippen LogP contribution in [-0.4, -0.2) is 10.1 Å². The summed E-state index contributed by atoms with van der Waals surface area (Å²) in [5.41, 5.74) is 8.39. The summed E-state index contributed by atoms with van der Waals surface area (Å²) in [7, 11) is 0. The van der Waals surface area contributed by atoms with E-state index in [-0.39, 0.29) is 0 Å². The molecule has 18 heavy (non-hydrogen) atoms. The number of nitrogens with zero attached hydrogens (tertiary/aromatic N) is 1. The second-order valence-electron chi connectivity index (χ2n) is 4.09. The molecule has 0 amide bonds. The smallest absolute Gasteiger partial charge is 0.134 e. The van der Waals surface area contributed by atoms with Crippen molar-refractivity contribution in [2.24, 2.45) is 0 Å². The van der Waals surface area contributed by atoms with Gasteiger partial charge in [-0.3, -0.25) is 4.98 Å². The zero-order valence-corrected chi connectivity index (χ0v) is 9.58. The third-order valence-corrected chi connectivity index (χ3v) is 2.99. The lowest BCUT2D eigenvalue weighted by molar-refractivity contribution is 0.221. The predicted molar refractivity (Wildman–Crippen MR) is 68.9 cm³/mol. The highest BCUT2D eigenvalue weighted by atomic mass is 16.3. The minimum atomic E-state index is -0.831.